The average Bonchev–Trinajstić information content (AvgIpc) is 2.62. The Labute approximate surface area is 156 Å². The lowest BCUT2D eigenvalue weighted by atomic mass is 10.1. The summed E-state index contributed by atoms with van der Waals surface area (Å²) >= 11 is 6.06. The second kappa shape index (κ2) is 7.41. The fourth-order valence-electron chi connectivity index (χ4n) is 2.40. The van der Waals surface area contributed by atoms with Gasteiger partial charge >= 0.3 is 0 Å². The maximum atomic E-state index is 11.5. The number of rotatable bonds is 5. The number of nitrogen functional groups attached to an aromatic ring is 1. The van der Waals surface area contributed by atoms with Gasteiger partial charge in [-0.3, -0.25) is 4.79 Å². The monoisotopic (exact) mass is 367 g/mol. The van der Waals surface area contributed by atoms with Crippen molar-refractivity contribution in [3.8, 4) is 0 Å². The lowest BCUT2D eigenvalue weighted by molar-refractivity contribution is 0.101. The van der Waals surface area contributed by atoms with Crippen molar-refractivity contribution in [2.24, 2.45) is 0 Å². The molecule has 2 aromatic carbocycles. The third kappa shape index (κ3) is 3.92. The highest BCUT2D eigenvalue weighted by molar-refractivity contribution is 6.30. The lowest BCUT2D eigenvalue weighted by Crippen LogP contribution is -2.06. The first kappa shape index (κ1) is 17.7. The van der Waals surface area contributed by atoms with E-state index in [1.54, 1.807) is 18.2 Å². The van der Waals surface area contributed by atoms with Crippen LogP contribution < -0.4 is 16.4 Å². The molecule has 0 bridgehead atoms. The molecular formula is C19H18ClN5O. The van der Waals surface area contributed by atoms with E-state index in [1.807, 2.05) is 31.2 Å². The Bertz CT molecular complexity index is 974. The molecule has 6 nitrogen and oxygen atoms in total. The minimum Gasteiger partial charge on any atom is -0.393 e. The van der Waals surface area contributed by atoms with Gasteiger partial charge in [-0.25, -0.2) is 9.97 Å². The number of carbonyl (C=O) groups is 1. The molecule has 0 aliphatic carbocycles. The molecule has 0 radical (unpaired) electrons. The molecular weight excluding hydrogens is 350 g/mol. The summed E-state index contributed by atoms with van der Waals surface area (Å²) in [6, 6.07) is 12.7. The number of Topliss-reactive ketones (excluding diaryl/α,β-unsaturated/α-hetero) is 1. The van der Waals surface area contributed by atoms with Gasteiger partial charge in [0.2, 0.25) is 0 Å². The zero-order valence-corrected chi connectivity index (χ0v) is 15.1. The van der Waals surface area contributed by atoms with Gasteiger partial charge in [0.1, 0.15) is 12.0 Å². The number of nitrogens with two attached hydrogens (primary N) is 1. The van der Waals surface area contributed by atoms with Crippen molar-refractivity contribution in [3.63, 3.8) is 0 Å². The summed E-state index contributed by atoms with van der Waals surface area (Å²) in [5.41, 5.74) is 9.72. The molecule has 0 aliphatic rings. The summed E-state index contributed by atoms with van der Waals surface area (Å²) in [5, 5.41) is 6.92. The van der Waals surface area contributed by atoms with E-state index >= 15 is 0 Å². The topological polar surface area (TPSA) is 92.9 Å². The molecule has 1 heterocycles. The van der Waals surface area contributed by atoms with Gasteiger partial charge in [0.15, 0.2) is 17.4 Å². The number of nitrogens with zero attached hydrogens (tertiary/aromatic N) is 2. The fraction of sp³-hybridized carbons (Fsp3) is 0.105. The summed E-state index contributed by atoms with van der Waals surface area (Å²) in [6.45, 7) is 3.48. The summed E-state index contributed by atoms with van der Waals surface area (Å²) in [7, 11) is 0. The van der Waals surface area contributed by atoms with Crippen LogP contribution in [0, 0.1) is 6.92 Å². The van der Waals surface area contributed by atoms with Crippen LogP contribution in [0.2, 0.25) is 5.02 Å². The molecule has 26 heavy (non-hydrogen) atoms. The van der Waals surface area contributed by atoms with Crippen LogP contribution in [-0.2, 0) is 0 Å². The van der Waals surface area contributed by atoms with Crippen LogP contribution in [0.15, 0.2) is 48.8 Å². The normalized spacial score (nSPS) is 10.4. The van der Waals surface area contributed by atoms with E-state index in [0.29, 0.717) is 33.6 Å². The fourth-order valence-corrected chi connectivity index (χ4v) is 2.58. The second-order valence-electron chi connectivity index (χ2n) is 5.83. The molecule has 0 fully saturated rings. The summed E-state index contributed by atoms with van der Waals surface area (Å²) in [6.07, 6.45) is 1.41. The molecule has 1 aromatic heterocycles. The van der Waals surface area contributed by atoms with Crippen molar-refractivity contribution in [3.05, 3.63) is 64.9 Å². The van der Waals surface area contributed by atoms with Crippen LogP contribution in [0.3, 0.4) is 0 Å². The number of halogens is 1. The second-order valence-corrected chi connectivity index (χ2v) is 6.27. The van der Waals surface area contributed by atoms with Gasteiger partial charge in [0.25, 0.3) is 0 Å². The van der Waals surface area contributed by atoms with Gasteiger partial charge in [-0.15, -0.1) is 0 Å². The third-order valence-electron chi connectivity index (χ3n) is 3.87. The number of hydrogen-bond acceptors (Lipinski definition) is 6. The van der Waals surface area contributed by atoms with Gasteiger partial charge in [-0.2, -0.15) is 0 Å². The minimum absolute atomic E-state index is 0.0110. The maximum Gasteiger partial charge on any atom is 0.159 e. The Morgan fingerprint density at radius 2 is 1.81 bits per heavy atom. The number of nitrogens with one attached hydrogen (secondary N) is 2. The molecule has 0 saturated heterocycles. The number of carbonyl (C=O) groups excluding carboxylic acids is 1. The van der Waals surface area contributed by atoms with Gasteiger partial charge in [-0.05, 0) is 43.7 Å². The number of ketones is 1. The predicted molar refractivity (Wildman–Crippen MR) is 106 cm³/mol. The molecule has 0 atom stereocenters. The highest BCUT2D eigenvalue weighted by Gasteiger charge is 2.11. The van der Waals surface area contributed by atoms with E-state index < -0.39 is 0 Å². The molecule has 0 saturated carbocycles. The van der Waals surface area contributed by atoms with E-state index in [1.165, 1.54) is 13.3 Å². The van der Waals surface area contributed by atoms with Crippen molar-refractivity contribution in [1.82, 2.24) is 9.97 Å². The van der Waals surface area contributed by atoms with E-state index in [-0.39, 0.29) is 5.78 Å². The molecule has 3 aromatic rings. The molecule has 3 rings (SSSR count). The number of hydrogen-bond donors (Lipinski definition) is 3. The number of benzene rings is 2. The Morgan fingerprint density at radius 3 is 2.54 bits per heavy atom. The van der Waals surface area contributed by atoms with Crippen LogP contribution in [0.1, 0.15) is 22.8 Å². The first-order chi connectivity index (χ1) is 12.4. The SMILES string of the molecule is CC(=O)c1cccc(Nc2ncnc(Nc3cc(Cl)ccc3C)c2N)c1. The van der Waals surface area contributed by atoms with Gasteiger partial charge in [-0.1, -0.05) is 29.8 Å². The zero-order valence-electron chi connectivity index (χ0n) is 14.4. The minimum atomic E-state index is -0.0110. The van der Waals surface area contributed by atoms with Crippen molar-refractivity contribution in [1.29, 1.82) is 0 Å². The van der Waals surface area contributed by atoms with Crippen LogP contribution in [-0.4, -0.2) is 15.8 Å². The Morgan fingerprint density at radius 1 is 1.08 bits per heavy atom. The van der Waals surface area contributed by atoms with E-state index in [2.05, 4.69) is 20.6 Å². The number of aryl methyl sites for hydroxylation is 1. The summed E-state index contributed by atoms with van der Waals surface area (Å²) < 4.78 is 0. The summed E-state index contributed by atoms with van der Waals surface area (Å²) in [5.74, 6) is 0.904. The molecule has 132 valence electrons. The zero-order chi connectivity index (χ0) is 18.7. The first-order valence-corrected chi connectivity index (χ1v) is 8.33. The molecule has 0 amide bonds. The van der Waals surface area contributed by atoms with Gasteiger partial charge in [0.05, 0.1) is 0 Å². The molecule has 0 unspecified atom stereocenters. The Hall–Kier alpha value is -3.12. The van der Waals surface area contributed by atoms with Crippen LogP contribution in [0.4, 0.5) is 28.7 Å². The average molecular weight is 368 g/mol. The molecule has 4 N–H and O–H groups in total. The third-order valence-corrected chi connectivity index (χ3v) is 4.10. The quantitative estimate of drug-likeness (QED) is 0.565. The Balaban J connectivity index is 1.89. The largest absolute Gasteiger partial charge is 0.393 e. The number of aromatic nitrogens is 2. The maximum absolute atomic E-state index is 11.5. The summed E-state index contributed by atoms with van der Waals surface area (Å²) in [4.78, 5) is 19.9. The lowest BCUT2D eigenvalue weighted by Gasteiger charge is -2.14. The molecule has 0 spiro atoms. The van der Waals surface area contributed by atoms with E-state index in [0.717, 1.165) is 11.3 Å². The van der Waals surface area contributed by atoms with Crippen molar-refractivity contribution in [2.45, 2.75) is 13.8 Å². The predicted octanol–water partition coefficient (Wildman–Crippen LogP) is 4.71. The van der Waals surface area contributed by atoms with E-state index in [9.17, 15) is 4.79 Å². The standard InChI is InChI=1S/C19H18ClN5O/c1-11-6-7-14(20)9-16(11)25-19-17(21)18(22-10-23-19)24-15-5-3-4-13(8-15)12(2)26/h3-10H,21H2,1-2H3,(H2,22,23,24,25). The highest BCUT2D eigenvalue weighted by Crippen LogP contribution is 2.30. The smallest absolute Gasteiger partial charge is 0.159 e. The number of anilines is 5. The first-order valence-electron chi connectivity index (χ1n) is 7.95. The van der Waals surface area contributed by atoms with Gasteiger partial charge < -0.3 is 16.4 Å². The Kier molecular flexibility index (Phi) is 5.04. The molecule has 7 heteroatoms. The van der Waals surface area contributed by atoms with Gasteiger partial charge in [0, 0.05) is 22.0 Å². The van der Waals surface area contributed by atoms with E-state index in [4.69, 9.17) is 17.3 Å². The van der Waals surface area contributed by atoms with Crippen molar-refractivity contribution >= 4 is 46.1 Å². The van der Waals surface area contributed by atoms with Crippen molar-refractivity contribution < 1.29 is 4.79 Å². The van der Waals surface area contributed by atoms with Crippen LogP contribution in [0.25, 0.3) is 0 Å². The van der Waals surface area contributed by atoms with Crippen molar-refractivity contribution in [2.75, 3.05) is 16.4 Å². The molecule has 0 aliphatic heterocycles. The van der Waals surface area contributed by atoms with Crippen LogP contribution >= 0.6 is 11.6 Å². The highest BCUT2D eigenvalue weighted by atomic mass is 35.5. The van der Waals surface area contributed by atoms with Crippen LogP contribution in [0.5, 0.6) is 0 Å².